The molecule has 11 heteroatoms. The number of ketones is 1. The van der Waals surface area contributed by atoms with Crippen LogP contribution in [0.15, 0.2) is 40.0 Å². The molecule has 1 N–H and O–H groups in total. The summed E-state index contributed by atoms with van der Waals surface area (Å²) in [5.41, 5.74) is -1.70. The number of rotatable bonds is 7. The van der Waals surface area contributed by atoms with Crippen LogP contribution in [0.5, 0.6) is 0 Å². The first-order chi connectivity index (χ1) is 14.3. The molecule has 0 saturated carbocycles. The molecule has 0 radical (unpaired) electrons. The van der Waals surface area contributed by atoms with E-state index in [9.17, 15) is 14.4 Å². The summed E-state index contributed by atoms with van der Waals surface area (Å²) in [6, 6.07) is 6.71. The van der Waals surface area contributed by atoms with Gasteiger partial charge < -0.3 is 14.2 Å². The Morgan fingerprint density at radius 3 is 2.60 bits per heavy atom. The van der Waals surface area contributed by atoms with Crippen molar-refractivity contribution in [3.05, 3.63) is 45.6 Å². The average Bonchev–Trinajstić information content (AvgIpc) is 3.02. The fourth-order valence-corrected chi connectivity index (χ4v) is 5.95. The van der Waals surface area contributed by atoms with Crippen molar-refractivity contribution in [3.8, 4) is 0 Å². The van der Waals surface area contributed by atoms with Crippen molar-refractivity contribution < 1.29 is 28.6 Å². The predicted molar refractivity (Wildman–Crippen MR) is 113 cm³/mol. The largest absolute Gasteiger partial charge is 0.453 e. The lowest BCUT2D eigenvalue weighted by atomic mass is 10.0. The normalized spacial score (nSPS) is 29.5. The summed E-state index contributed by atoms with van der Waals surface area (Å²) in [5.74, 6) is -1.25. The van der Waals surface area contributed by atoms with Crippen molar-refractivity contribution in [1.82, 2.24) is 10.2 Å². The van der Waals surface area contributed by atoms with Crippen LogP contribution >= 0.6 is 39.3 Å². The van der Waals surface area contributed by atoms with Gasteiger partial charge in [0, 0.05) is 35.6 Å². The predicted octanol–water partition coefficient (Wildman–Crippen LogP) is 1.87. The van der Waals surface area contributed by atoms with E-state index in [1.807, 2.05) is 0 Å². The third kappa shape index (κ3) is 3.04. The Bertz CT molecular complexity index is 951. The molecule has 2 fully saturated rings. The van der Waals surface area contributed by atoms with E-state index in [2.05, 4.69) is 21.2 Å². The van der Waals surface area contributed by atoms with E-state index >= 15 is 0 Å². The summed E-state index contributed by atoms with van der Waals surface area (Å²) in [6.07, 6.45) is 0. The lowest BCUT2D eigenvalue weighted by Crippen LogP contribution is -2.80. The van der Waals surface area contributed by atoms with E-state index in [0.717, 1.165) is 4.47 Å². The van der Waals surface area contributed by atoms with Crippen LogP contribution in [0.3, 0.4) is 0 Å². The van der Waals surface area contributed by atoms with Gasteiger partial charge in [-0.15, -0.1) is 23.4 Å². The van der Waals surface area contributed by atoms with Gasteiger partial charge in [-0.25, -0.2) is 10.1 Å². The van der Waals surface area contributed by atoms with Crippen LogP contribution < -0.4 is 5.32 Å². The molecule has 5 aliphatic rings. The summed E-state index contributed by atoms with van der Waals surface area (Å²) in [5, 5.41) is 2.61. The molecule has 160 valence electrons. The number of ether oxygens (including phenoxy) is 3. The number of carbonyl (C=O) groups is 3. The molecule has 0 aromatic heterocycles. The lowest BCUT2D eigenvalue weighted by Gasteiger charge is -2.53. The number of nitrogens with zero attached hydrogens (tertiary/aromatic N) is 1. The highest BCUT2D eigenvalue weighted by molar-refractivity contribution is 9.10. The number of nitrogens with one attached hydrogen (secondary N) is 1. The molecular weight excluding hydrogens is 500 g/mol. The molecule has 5 heterocycles. The van der Waals surface area contributed by atoms with Crippen LogP contribution in [-0.4, -0.2) is 71.8 Å². The van der Waals surface area contributed by atoms with Crippen LogP contribution in [0.2, 0.25) is 0 Å². The number of methoxy groups -OCH3 is 2. The molecule has 4 bridgehead atoms. The molecule has 30 heavy (non-hydrogen) atoms. The van der Waals surface area contributed by atoms with E-state index < -0.39 is 35.3 Å². The number of benzene rings is 1. The van der Waals surface area contributed by atoms with Gasteiger partial charge in [-0.05, 0) is 12.1 Å². The maximum Gasteiger partial charge on any atom is 0.355 e. The van der Waals surface area contributed by atoms with Gasteiger partial charge in [0.25, 0.3) is 5.91 Å². The Morgan fingerprint density at radius 1 is 1.30 bits per heavy atom. The zero-order valence-corrected chi connectivity index (χ0v) is 19.2. The molecule has 1 aromatic carbocycles. The quantitative estimate of drug-likeness (QED) is 0.254. The van der Waals surface area contributed by atoms with Gasteiger partial charge >= 0.3 is 5.97 Å². The lowest BCUT2D eigenvalue weighted by molar-refractivity contribution is -0.198. The highest BCUT2D eigenvalue weighted by Crippen LogP contribution is 2.53. The number of β-lactam (4-membered cyclic amide) rings is 1. The van der Waals surface area contributed by atoms with Gasteiger partial charge in [-0.1, -0.05) is 28.1 Å². The van der Waals surface area contributed by atoms with Crippen molar-refractivity contribution in [2.75, 3.05) is 32.5 Å². The summed E-state index contributed by atoms with van der Waals surface area (Å²) < 4.78 is 17.3. The molecule has 5 aliphatic heterocycles. The second-order valence-electron chi connectivity index (χ2n) is 6.90. The van der Waals surface area contributed by atoms with Crippen LogP contribution in [0.25, 0.3) is 0 Å². The molecule has 1 unspecified atom stereocenters. The molecule has 8 nitrogen and oxygen atoms in total. The Balaban J connectivity index is 1.63. The second kappa shape index (κ2) is 7.92. The van der Waals surface area contributed by atoms with Gasteiger partial charge in [0.1, 0.15) is 11.1 Å². The van der Waals surface area contributed by atoms with Gasteiger partial charge in [0.05, 0.1) is 5.88 Å². The van der Waals surface area contributed by atoms with Gasteiger partial charge in [-0.3, -0.25) is 14.5 Å². The summed E-state index contributed by atoms with van der Waals surface area (Å²) >= 11 is 11.0. The Labute approximate surface area is 190 Å². The first-order valence-corrected chi connectivity index (χ1v) is 11.3. The number of esters is 1. The Kier molecular flexibility index (Phi) is 5.75. The van der Waals surface area contributed by atoms with E-state index in [1.165, 1.54) is 30.9 Å². The van der Waals surface area contributed by atoms with Gasteiger partial charge in [0.2, 0.25) is 5.72 Å². The number of alkyl halides is 1. The number of halogens is 2. The topological polar surface area (TPSA) is 94.2 Å². The third-order valence-electron chi connectivity index (χ3n) is 5.46. The molecule has 0 aliphatic carbocycles. The van der Waals surface area contributed by atoms with Crippen LogP contribution in [0, 0.1) is 0 Å². The number of thioether (sulfide) groups is 1. The van der Waals surface area contributed by atoms with Crippen LogP contribution in [0.1, 0.15) is 10.4 Å². The van der Waals surface area contributed by atoms with Gasteiger partial charge in [0.15, 0.2) is 18.1 Å². The number of amides is 1. The zero-order valence-electron chi connectivity index (χ0n) is 16.1. The fourth-order valence-electron chi connectivity index (χ4n) is 3.81. The first-order valence-electron chi connectivity index (χ1n) is 8.94. The summed E-state index contributed by atoms with van der Waals surface area (Å²) in [7, 11) is 2.85. The van der Waals surface area contributed by atoms with E-state index in [-0.39, 0.29) is 17.4 Å². The fraction of sp³-hybridized carbons (Fsp3) is 0.421. The number of fused-ring (bicyclic) bond motifs is 1. The minimum atomic E-state index is -1.35. The SMILES string of the molecule is COC1(CCl)N[C@]2(OC)C(=O)N3C(C(=O)OCC(=O)c4ccc(Br)cc4)=C1CS[C@H]32. The minimum Gasteiger partial charge on any atom is -0.453 e. The van der Waals surface area contributed by atoms with E-state index in [1.54, 1.807) is 24.3 Å². The van der Waals surface area contributed by atoms with Crippen molar-refractivity contribution in [2.45, 2.75) is 16.8 Å². The molecule has 2 saturated heterocycles. The van der Waals surface area contributed by atoms with Crippen molar-refractivity contribution >= 4 is 57.0 Å². The minimum absolute atomic E-state index is 0.0486. The van der Waals surface area contributed by atoms with Gasteiger partial charge in [-0.2, -0.15) is 0 Å². The molecular formula is C19H18BrClN2O6S. The van der Waals surface area contributed by atoms with Crippen molar-refractivity contribution in [1.29, 1.82) is 0 Å². The Morgan fingerprint density at radius 2 is 2.00 bits per heavy atom. The average molecular weight is 518 g/mol. The third-order valence-corrected chi connectivity index (χ3v) is 7.68. The highest BCUT2D eigenvalue weighted by atomic mass is 79.9. The molecule has 0 spiro atoms. The molecule has 1 aromatic rings. The van der Waals surface area contributed by atoms with Crippen LogP contribution in [0.4, 0.5) is 0 Å². The maximum atomic E-state index is 13.0. The number of hydrogen-bond donors (Lipinski definition) is 1. The first kappa shape index (κ1) is 21.8. The zero-order chi connectivity index (χ0) is 21.7. The molecule has 6 rings (SSSR count). The summed E-state index contributed by atoms with van der Waals surface area (Å²) in [6.45, 7) is -0.458. The molecule has 1 amide bonds. The highest BCUT2D eigenvalue weighted by Gasteiger charge is 2.72. The number of hydrogen-bond acceptors (Lipinski definition) is 8. The monoisotopic (exact) mass is 516 g/mol. The maximum absolute atomic E-state index is 13.0. The number of Topliss-reactive ketones (excluding diaryl/α,β-unsaturated/α-hetero) is 1. The van der Waals surface area contributed by atoms with Crippen molar-refractivity contribution in [2.24, 2.45) is 0 Å². The molecule has 3 atom stereocenters. The smallest absolute Gasteiger partial charge is 0.355 e. The van der Waals surface area contributed by atoms with E-state index in [0.29, 0.717) is 16.9 Å². The van der Waals surface area contributed by atoms with E-state index in [4.69, 9.17) is 25.8 Å². The second-order valence-corrected chi connectivity index (χ2v) is 9.15. The number of carbonyl (C=O) groups excluding carboxylic acids is 3. The summed E-state index contributed by atoms with van der Waals surface area (Å²) in [4.78, 5) is 39.7. The Hall–Kier alpha value is -1.43. The van der Waals surface area contributed by atoms with Crippen LogP contribution in [-0.2, 0) is 23.8 Å². The standard InChI is InChI=1S/C19H18BrClN2O6S/c1-27-18(9-21)12-8-30-17-19(22-18,28-2)16(26)23(17)14(12)15(25)29-7-13(24)10-3-5-11(20)6-4-10/h3-6,17,22H,7-9H2,1-2H3/t17-,18?,19-/m0/s1. The van der Waals surface area contributed by atoms with Crippen molar-refractivity contribution in [3.63, 3.8) is 0 Å².